The Morgan fingerprint density at radius 1 is 1.20 bits per heavy atom. The van der Waals surface area contributed by atoms with Crippen LogP contribution in [0.25, 0.3) is 0 Å². The maximum atomic E-state index is 13.0. The summed E-state index contributed by atoms with van der Waals surface area (Å²) in [6.07, 6.45) is 4.97. The van der Waals surface area contributed by atoms with E-state index in [9.17, 15) is 4.79 Å². The molecule has 2 aliphatic rings. The van der Waals surface area contributed by atoms with E-state index in [1.165, 1.54) is 32.4 Å². The average Bonchev–Trinajstić information content (AvgIpc) is 2.88. The Morgan fingerprint density at radius 3 is 2.80 bits per heavy atom. The number of carbonyl (C=O) groups is 1. The van der Waals surface area contributed by atoms with Gasteiger partial charge in [0.05, 0.1) is 18.8 Å². The molecule has 1 aromatic carbocycles. The lowest BCUT2D eigenvalue weighted by Gasteiger charge is -2.35. The first kappa shape index (κ1) is 18.4. The first-order valence-corrected chi connectivity index (χ1v) is 10.4. The minimum Gasteiger partial charge on any atom is -0.495 e. The van der Waals surface area contributed by atoms with Crippen molar-refractivity contribution in [3.63, 3.8) is 0 Å². The predicted molar refractivity (Wildman–Crippen MR) is 105 cm³/mol. The van der Waals surface area contributed by atoms with Crippen molar-refractivity contribution >= 4 is 23.5 Å². The number of nitrogens with zero attached hydrogens (tertiary/aromatic N) is 2. The van der Waals surface area contributed by atoms with Crippen LogP contribution >= 0.6 is 11.8 Å². The van der Waals surface area contributed by atoms with Gasteiger partial charge in [0.2, 0.25) is 0 Å². The van der Waals surface area contributed by atoms with Crippen LogP contribution in [0.3, 0.4) is 0 Å². The second-order valence-electron chi connectivity index (χ2n) is 6.77. The summed E-state index contributed by atoms with van der Waals surface area (Å²) < 4.78 is 5.36. The van der Waals surface area contributed by atoms with Crippen molar-refractivity contribution in [2.45, 2.75) is 31.7 Å². The highest BCUT2D eigenvalue weighted by Crippen LogP contribution is 2.25. The number of urea groups is 1. The van der Waals surface area contributed by atoms with Crippen molar-refractivity contribution in [3.05, 3.63) is 24.3 Å². The molecule has 2 aliphatic heterocycles. The van der Waals surface area contributed by atoms with Crippen LogP contribution in [0, 0.1) is 0 Å². The number of para-hydroxylation sites is 2. The summed E-state index contributed by atoms with van der Waals surface area (Å²) >= 11 is 1.97. The van der Waals surface area contributed by atoms with E-state index in [0.29, 0.717) is 5.75 Å². The highest BCUT2D eigenvalue weighted by molar-refractivity contribution is 7.99. The molecule has 2 heterocycles. The van der Waals surface area contributed by atoms with Gasteiger partial charge in [-0.15, -0.1) is 0 Å². The van der Waals surface area contributed by atoms with Crippen LogP contribution in [0.2, 0.25) is 0 Å². The molecule has 2 fully saturated rings. The number of thioether (sulfide) groups is 1. The Morgan fingerprint density at radius 2 is 2.00 bits per heavy atom. The number of methoxy groups -OCH3 is 1. The van der Waals surface area contributed by atoms with Crippen LogP contribution in [0.5, 0.6) is 5.75 Å². The number of piperidine rings is 1. The summed E-state index contributed by atoms with van der Waals surface area (Å²) in [6, 6.07) is 7.87. The van der Waals surface area contributed by atoms with Crippen molar-refractivity contribution in [2.75, 3.05) is 50.1 Å². The molecule has 1 N–H and O–H groups in total. The molecule has 138 valence electrons. The fourth-order valence-electron chi connectivity index (χ4n) is 3.62. The van der Waals surface area contributed by atoms with Crippen molar-refractivity contribution in [3.8, 4) is 5.75 Å². The van der Waals surface area contributed by atoms with Gasteiger partial charge in [-0.05, 0) is 50.2 Å². The normalized spacial score (nSPS) is 22.3. The topological polar surface area (TPSA) is 44.8 Å². The molecule has 1 atom stereocenters. The van der Waals surface area contributed by atoms with Crippen LogP contribution < -0.4 is 10.1 Å². The summed E-state index contributed by atoms with van der Waals surface area (Å²) in [4.78, 5) is 17.5. The number of hydrogen-bond donors (Lipinski definition) is 1. The summed E-state index contributed by atoms with van der Waals surface area (Å²) in [6.45, 7) is 4.16. The standard InChI is InChI=1S/C19H29N3O2S/c1-24-18-9-4-3-8-17(18)20-19(23)22-12-7-13-25-15-16(22)14-21-10-5-2-6-11-21/h3-4,8-9,16H,2,5-7,10-15H2,1H3,(H,20,23). The molecule has 25 heavy (non-hydrogen) atoms. The zero-order valence-electron chi connectivity index (χ0n) is 15.1. The van der Waals surface area contributed by atoms with Gasteiger partial charge in [0.1, 0.15) is 5.75 Å². The number of nitrogens with one attached hydrogen (secondary N) is 1. The Labute approximate surface area is 155 Å². The monoisotopic (exact) mass is 363 g/mol. The molecule has 0 spiro atoms. The lowest BCUT2D eigenvalue weighted by Crippen LogP contribution is -2.50. The molecule has 0 radical (unpaired) electrons. The van der Waals surface area contributed by atoms with Crippen molar-refractivity contribution < 1.29 is 9.53 Å². The molecule has 0 aliphatic carbocycles. The Kier molecular flexibility index (Phi) is 6.87. The number of benzene rings is 1. The van der Waals surface area contributed by atoms with Gasteiger partial charge >= 0.3 is 6.03 Å². The van der Waals surface area contributed by atoms with Gasteiger partial charge < -0.3 is 19.9 Å². The van der Waals surface area contributed by atoms with Gasteiger partial charge in [0.25, 0.3) is 0 Å². The van der Waals surface area contributed by atoms with E-state index >= 15 is 0 Å². The van der Waals surface area contributed by atoms with Gasteiger partial charge in [-0.3, -0.25) is 0 Å². The lowest BCUT2D eigenvalue weighted by molar-refractivity contribution is 0.151. The van der Waals surface area contributed by atoms with Gasteiger partial charge in [0.15, 0.2) is 0 Å². The average molecular weight is 364 g/mol. The van der Waals surface area contributed by atoms with E-state index in [-0.39, 0.29) is 12.1 Å². The zero-order chi connectivity index (χ0) is 17.5. The fraction of sp³-hybridized carbons (Fsp3) is 0.632. The number of rotatable bonds is 4. The molecule has 3 rings (SSSR count). The van der Waals surface area contributed by atoms with E-state index in [2.05, 4.69) is 10.2 Å². The molecular formula is C19H29N3O2S. The van der Waals surface area contributed by atoms with E-state index in [0.717, 1.165) is 36.7 Å². The summed E-state index contributed by atoms with van der Waals surface area (Å²) in [5.41, 5.74) is 0.739. The van der Waals surface area contributed by atoms with E-state index < -0.39 is 0 Å². The fourth-order valence-corrected chi connectivity index (χ4v) is 4.68. The highest BCUT2D eigenvalue weighted by atomic mass is 32.2. The number of ether oxygens (including phenoxy) is 1. The second-order valence-corrected chi connectivity index (χ2v) is 7.92. The molecule has 2 saturated heterocycles. The largest absolute Gasteiger partial charge is 0.495 e. The van der Waals surface area contributed by atoms with Crippen LogP contribution in [0.4, 0.5) is 10.5 Å². The first-order chi connectivity index (χ1) is 12.3. The quantitative estimate of drug-likeness (QED) is 0.889. The number of hydrogen-bond acceptors (Lipinski definition) is 4. The third-order valence-corrected chi connectivity index (χ3v) is 6.16. The Bertz CT molecular complexity index is 563. The molecule has 0 aromatic heterocycles. The maximum absolute atomic E-state index is 13.0. The zero-order valence-corrected chi connectivity index (χ0v) is 15.9. The summed E-state index contributed by atoms with van der Waals surface area (Å²) in [7, 11) is 1.63. The minimum atomic E-state index is -0.00555. The molecule has 6 heteroatoms. The number of anilines is 1. The van der Waals surface area contributed by atoms with E-state index in [1.54, 1.807) is 7.11 Å². The third-order valence-electron chi connectivity index (χ3n) is 4.97. The SMILES string of the molecule is COc1ccccc1NC(=O)N1CCCSCC1CN1CCCCC1. The van der Waals surface area contributed by atoms with Crippen molar-refractivity contribution in [1.29, 1.82) is 0 Å². The Hall–Kier alpha value is -1.40. The van der Waals surface area contributed by atoms with Gasteiger partial charge in [-0.25, -0.2) is 4.79 Å². The van der Waals surface area contributed by atoms with Crippen LogP contribution in [-0.2, 0) is 0 Å². The number of amides is 2. The molecule has 1 unspecified atom stereocenters. The van der Waals surface area contributed by atoms with Crippen LogP contribution in [0.15, 0.2) is 24.3 Å². The first-order valence-electron chi connectivity index (χ1n) is 9.28. The van der Waals surface area contributed by atoms with Crippen molar-refractivity contribution in [2.24, 2.45) is 0 Å². The number of carbonyl (C=O) groups excluding carboxylic acids is 1. The van der Waals surface area contributed by atoms with Gasteiger partial charge in [-0.2, -0.15) is 11.8 Å². The van der Waals surface area contributed by atoms with Crippen molar-refractivity contribution in [1.82, 2.24) is 9.80 Å². The second kappa shape index (κ2) is 9.34. The minimum absolute atomic E-state index is 0.00555. The van der Waals surface area contributed by atoms with Crippen LogP contribution in [0.1, 0.15) is 25.7 Å². The van der Waals surface area contributed by atoms with E-state index in [1.807, 2.05) is 40.9 Å². The van der Waals surface area contributed by atoms with Gasteiger partial charge in [-0.1, -0.05) is 18.6 Å². The molecule has 0 bridgehead atoms. The summed E-state index contributed by atoms with van der Waals surface area (Å²) in [5.74, 6) is 2.86. The molecule has 0 saturated carbocycles. The summed E-state index contributed by atoms with van der Waals surface area (Å²) in [5, 5.41) is 3.06. The molecule has 5 nitrogen and oxygen atoms in total. The maximum Gasteiger partial charge on any atom is 0.322 e. The molecular weight excluding hydrogens is 334 g/mol. The molecule has 2 amide bonds. The molecule has 1 aromatic rings. The smallest absolute Gasteiger partial charge is 0.322 e. The third kappa shape index (κ3) is 5.05. The van der Waals surface area contributed by atoms with Gasteiger partial charge in [0, 0.05) is 18.8 Å². The number of likely N-dealkylation sites (tertiary alicyclic amines) is 1. The predicted octanol–water partition coefficient (Wildman–Crippen LogP) is 3.52. The van der Waals surface area contributed by atoms with E-state index in [4.69, 9.17) is 4.74 Å². The highest BCUT2D eigenvalue weighted by Gasteiger charge is 2.28. The lowest BCUT2D eigenvalue weighted by atomic mass is 10.1. The van der Waals surface area contributed by atoms with Crippen LogP contribution in [-0.4, -0.2) is 66.7 Å². The Balaban J connectivity index is 1.68.